The van der Waals surface area contributed by atoms with Gasteiger partial charge in [0, 0.05) is 18.6 Å². The van der Waals surface area contributed by atoms with Crippen molar-refractivity contribution in [3.63, 3.8) is 0 Å². The molecule has 1 atom stereocenters. The van der Waals surface area contributed by atoms with Gasteiger partial charge in [0.05, 0.1) is 0 Å². The molecule has 2 N–H and O–H groups in total. The zero-order valence-electron chi connectivity index (χ0n) is 9.51. The van der Waals surface area contributed by atoms with Crippen LogP contribution in [0.4, 0.5) is 0 Å². The van der Waals surface area contributed by atoms with Crippen LogP contribution in [-0.4, -0.2) is 30.1 Å². The Hall–Kier alpha value is -0.0800. The van der Waals surface area contributed by atoms with Gasteiger partial charge < -0.3 is 5.73 Å². The predicted octanol–water partition coefficient (Wildman–Crippen LogP) is 1.70. The van der Waals surface area contributed by atoms with Gasteiger partial charge in [-0.25, -0.2) is 0 Å². The molecule has 0 aromatic heterocycles. The average molecular weight is 184 g/mol. The van der Waals surface area contributed by atoms with Crippen LogP contribution >= 0.6 is 0 Å². The van der Waals surface area contributed by atoms with Crippen molar-refractivity contribution in [2.24, 2.45) is 17.6 Å². The summed E-state index contributed by atoms with van der Waals surface area (Å²) in [4.78, 5) is 2.54. The molecule has 1 unspecified atom stereocenters. The summed E-state index contributed by atoms with van der Waals surface area (Å²) in [5.74, 6) is 1.60. The van der Waals surface area contributed by atoms with Crippen molar-refractivity contribution in [3.05, 3.63) is 0 Å². The van der Waals surface area contributed by atoms with E-state index in [4.69, 9.17) is 5.73 Å². The minimum atomic E-state index is 0.364. The van der Waals surface area contributed by atoms with Gasteiger partial charge in [0.1, 0.15) is 0 Å². The Morgan fingerprint density at radius 3 is 2.31 bits per heavy atom. The van der Waals surface area contributed by atoms with Crippen LogP contribution in [0.1, 0.15) is 34.1 Å². The number of likely N-dealkylation sites (tertiary alicyclic amines) is 1. The Balaban J connectivity index is 2.19. The number of nitrogens with zero attached hydrogens (tertiary/aromatic N) is 1. The maximum absolute atomic E-state index is 5.61. The van der Waals surface area contributed by atoms with E-state index >= 15 is 0 Å². The van der Waals surface area contributed by atoms with E-state index in [-0.39, 0.29) is 0 Å². The van der Waals surface area contributed by atoms with Crippen molar-refractivity contribution >= 4 is 0 Å². The quantitative estimate of drug-likeness (QED) is 0.723. The van der Waals surface area contributed by atoms with Crippen molar-refractivity contribution in [2.45, 2.75) is 39.7 Å². The summed E-state index contributed by atoms with van der Waals surface area (Å²) < 4.78 is 0. The van der Waals surface area contributed by atoms with Crippen molar-refractivity contribution in [1.82, 2.24) is 4.90 Å². The number of hydrogen-bond acceptors (Lipinski definition) is 2. The Labute approximate surface area is 82.5 Å². The molecule has 78 valence electrons. The third-order valence-electron chi connectivity index (χ3n) is 3.04. The summed E-state index contributed by atoms with van der Waals surface area (Å²) in [5.41, 5.74) is 5.97. The number of hydrogen-bond donors (Lipinski definition) is 1. The second kappa shape index (κ2) is 3.97. The van der Waals surface area contributed by atoms with Gasteiger partial charge in [0.2, 0.25) is 0 Å². The second-order valence-corrected chi connectivity index (χ2v) is 5.52. The molecular weight excluding hydrogens is 160 g/mol. The summed E-state index contributed by atoms with van der Waals surface area (Å²) >= 11 is 0. The fraction of sp³-hybridized carbons (Fsp3) is 1.00. The minimum absolute atomic E-state index is 0.364. The smallest absolute Gasteiger partial charge is 0.0125 e. The highest BCUT2D eigenvalue weighted by Crippen LogP contribution is 2.28. The summed E-state index contributed by atoms with van der Waals surface area (Å²) in [7, 11) is 0. The lowest BCUT2D eigenvalue weighted by molar-refractivity contribution is 0.00502. The molecule has 1 aliphatic rings. The monoisotopic (exact) mass is 184 g/mol. The van der Waals surface area contributed by atoms with E-state index in [2.05, 4.69) is 32.6 Å². The highest BCUT2D eigenvalue weighted by molar-refractivity contribution is 4.89. The Morgan fingerprint density at radius 2 is 1.92 bits per heavy atom. The van der Waals surface area contributed by atoms with E-state index < -0.39 is 0 Å². The molecule has 0 radical (unpaired) electrons. The molecule has 0 aromatic rings. The minimum Gasteiger partial charge on any atom is -0.330 e. The van der Waals surface area contributed by atoms with E-state index in [9.17, 15) is 0 Å². The summed E-state index contributed by atoms with van der Waals surface area (Å²) in [5, 5.41) is 0. The van der Waals surface area contributed by atoms with Gasteiger partial charge in [-0.1, -0.05) is 6.92 Å². The van der Waals surface area contributed by atoms with Crippen LogP contribution in [0.3, 0.4) is 0 Å². The van der Waals surface area contributed by atoms with Crippen LogP contribution in [0.15, 0.2) is 0 Å². The lowest BCUT2D eigenvalue weighted by Crippen LogP contribution is -2.56. The standard InChI is InChI=1S/C11H24N2/c1-9(6-12)5-10-7-13(8-10)11(2,3)4/h9-10H,5-8,12H2,1-4H3. The first-order valence-electron chi connectivity index (χ1n) is 5.38. The SMILES string of the molecule is CC(CN)CC1CN(C(C)(C)C)C1. The summed E-state index contributed by atoms with van der Waals surface area (Å²) in [6, 6.07) is 0. The average Bonchev–Trinajstić information content (AvgIpc) is 1.92. The molecule has 1 saturated heterocycles. The van der Waals surface area contributed by atoms with Crippen molar-refractivity contribution in [2.75, 3.05) is 19.6 Å². The summed E-state index contributed by atoms with van der Waals surface area (Å²) in [6.45, 7) is 12.5. The van der Waals surface area contributed by atoms with E-state index in [0.29, 0.717) is 11.5 Å². The maximum Gasteiger partial charge on any atom is 0.0125 e. The van der Waals surface area contributed by atoms with Crippen molar-refractivity contribution < 1.29 is 0 Å². The normalized spacial score (nSPS) is 22.8. The van der Waals surface area contributed by atoms with E-state index in [0.717, 1.165) is 12.5 Å². The molecule has 1 fully saturated rings. The fourth-order valence-corrected chi connectivity index (χ4v) is 1.93. The van der Waals surface area contributed by atoms with Gasteiger partial charge >= 0.3 is 0 Å². The molecule has 2 heteroatoms. The first-order chi connectivity index (χ1) is 5.93. The molecule has 0 bridgehead atoms. The lowest BCUT2D eigenvalue weighted by atomic mass is 9.86. The molecule has 0 saturated carbocycles. The van der Waals surface area contributed by atoms with Crippen LogP contribution < -0.4 is 5.73 Å². The highest BCUT2D eigenvalue weighted by Gasteiger charge is 2.34. The van der Waals surface area contributed by atoms with Gasteiger partial charge in [0.25, 0.3) is 0 Å². The zero-order valence-corrected chi connectivity index (χ0v) is 9.51. The van der Waals surface area contributed by atoms with E-state index in [1.54, 1.807) is 0 Å². The lowest BCUT2D eigenvalue weighted by Gasteiger charge is -2.48. The van der Waals surface area contributed by atoms with Crippen LogP contribution in [-0.2, 0) is 0 Å². The van der Waals surface area contributed by atoms with Crippen molar-refractivity contribution in [3.8, 4) is 0 Å². The number of nitrogens with two attached hydrogens (primary N) is 1. The van der Waals surface area contributed by atoms with Crippen LogP contribution in [0, 0.1) is 11.8 Å². The largest absolute Gasteiger partial charge is 0.330 e. The van der Waals surface area contributed by atoms with Crippen LogP contribution in [0.25, 0.3) is 0 Å². The van der Waals surface area contributed by atoms with Crippen LogP contribution in [0.2, 0.25) is 0 Å². The van der Waals surface area contributed by atoms with Crippen molar-refractivity contribution in [1.29, 1.82) is 0 Å². The molecule has 0 amide bonds. The predicted molar refractivity (Wildman–Crippen MR) is 57.7 cm³/mol. The third-order valence-corrected chi connectivity index (χ3v) is 3.04. The van der Waals surface area contributed by atoms with E-state index in [1.807, 2.05) is 0 Å². The molecule has 0 aliphatic carbocycles. The highest BCUT2D eigenvalue weighted by atomic mass is 15.2. The second-order valence-electron chi connectivity index (χ2n) is 5.52. The molecule has 0 aromatic carbocycles. The topological polar surface area (TPSA) is 29.3 Å². The first kappa shape index (κ1) is 11.0. The van der Waals surface area contributed by atoms with Gasteiger partial charge in [-0.15, -0.1) is 0 Å². The molecule has 1 heterocycles. The Bertz CT molecular complexity index is 154. The van der Waals surface area contributed by atoms with Gasteiger partial charge in [-0.05, 0) is 45.6 Å². The maximum atomic E-state index is 5.61. The van der Waals surface area contributed by atoms with Crippen LogP contribution in [0.5, 0.6) is 0 Å². The molecule has 0 spiro atoms. The molecule has 13 heavy (non-hydrogen) atoms. The van der Waals surface area contributed by atoms with Gasteiger partial charge in [-0.2, -0.15) is 0 Å². The molecule has 2 nitrogen and oxygen atoms in total. The Morgan fingerprint density at radius 1 is 1.38 bits per heavy atom. The van der Waals surface area contributed by atoms with Gasteiger partial charge in [0.15, 0.2) is 0 Å². The zero-order chi connectivity index (χ0) is 10.1. The fourth-order valence-electron chi connectivity index (χ4n) is 1.93. The van der Waals surface area contributed by atoms with Gasteiger partial charge in [-0.3, -0.25) is 4.90 Å². The molecule has 1 aliphatic heterocycles. The molecule has 1 rings (SSSR count). The summed E-state index contributed by atoms with van der Waals surface area (Å²) in [6.07, 6.45) is 1.31. The van der Waals surface area contributed by atoms with E-state index in [1.165, 1.54) is 19.5 Å². The first-order valence-corrected chi connectivity index (χ1v) is 5.38. The number of rotatable bonds is 3. The molecular formula is C11H24N2. The third kappa shape index (κ3) is 2.96. The Kier molecular flexibility index (Phi) is 3.36.